The van der Waals surface area contributed by atoms with Crippen molar-refractivity contribution in [1.82, 2.24) is 0 Å². The van der Waals surface area contributed by atoms with Crippen LogP contribution < -0.4 is 9.64 Å². The number of phenolic OH excluding ortho intramolecular Hbond substituents is 3. The van der Waals surface area contributed by atoms with Crippen LogP contribution in [0.2, 0.25) is 0 Å². The van der Waals surface area contributed by atoms with Gasteiger partial charge in [-0.05, 0) is 93.1 Å². The van der Waals surface area contributed by atoms with Crippen LogP contribution in [-0.2, 0) is 0 Å². The number of ether oxygens (including phenoxy) is 1. The SMILES string of the molecule is Cc1cc(O)ccc1Oc1ccc(N(c2cccc(O)c2C)c2cccc(O)c2C)cc1. The van der Waals surface area contributed by atoms with Gasteiger partial charge in [-0.25, -0.2) is 0 Å². The van der Waals surface area contributed by atoms with Gasteiger partial charge in [0.2, 0.25) is 0 Å². The predicted molar refractivity (Wildman–Crippen MR) is 127 cm³/mol. The molecule has 0 aliphatic heterocycles. The van der Waals surface area contributed by atoms with E-state index in [1.54, 1.807) is 42.5 Å². The highest BCUT2D eigenvalue weighted by Crippen LogP contribution is 2.42. The lowest BCUT2D eigenvalue weighted by atomic mass is 10.1. The third-order valence-electron chi connectivity index (χ3n) is 5.52. The quantitative estimate of drug-likeness (QED) is 0.320. The van der Waals surface area contributed by atoms with E-state index in [-0.39, 0.29) is 17.2 Å². The fourth-order valence-corrected chi connectivity index (χ4v) is 3.65. The molecule has 0 saturated heterocycles. The summed E-state index contributed by atoms with van der Waals surface area (Å²) in [4.78, 5) is 2.00. The fourth-order valence-electron chi connectivity index (χ4n) is 3.65. The number of nitrogens with zero attached hydrogens (tertiary/aromatic N) is 1. The molecule has 4 aromatic carbocycles. The summed E-state index contributed by atoms with van der Waals surface area (Å²) >= 11 is 0. The Balaban J connectivity index is 1.76. The number of aryl methyl sites for hydroxylation is 1. The van der Waals surface area contributed by atoms with E-state index in [4.69, 9.17) is 4.74 Å². The summed E-state index contributed by atoms with van der Waals surface area (Å²) in [5.41, 5.74) is 4.76. The van der Waals surface area contributed by atoms with Crippen LogP contribution in [0.1, 0.15) is 16.7 Å². The Labute approximate surface area is 187 Å². The monoisotopic (exact) mass is 427 g/mol. The molecule has 0 aliphatic carbocycles. The Hall–Kier alpha value is -4.12. The lowest BCUT2D eigenvalue weighted by Gasteiger charge is -2.29. The van der Waals surface area contributed by atoms with Crippen molar-refractivity contribution in [3.8, 4) is 28.7 Å². The Morgan fingerprint density at radius 1 is 0.656 bits per heavy atom. The molecule has 0 spiro atoms. The van der Waals surface area contributed by atoms with Crippen molar-refractivity contribution in [3.63, 3.8) is 0 Å². The molecule has 0 aromatic heterocycles. The maximum absolute atomic E-state index is 10.3. The van der Waals surface area contributed by atoms with Crippen LogP contribution in [0.5, 0.6) is 28.7 Å². The van der Waals surface area contributed by atoms with Gasteiger partial charge in [0.15, 0.2) is 0 Å². The van der Waals surface area contributed by atoms with Crippen LogP contribution in [-0.4, -0.2) is 15.3 Å². The Kier molecular flexibility index (Phi) is 5.65. The third-order valence-corrected chi connectivity index (χ3v) is 5.52. The van der Waals surface area contributed by atoms with Gasteiger partial charge in [-0.1, -0.05) is 12.1 Å². The van der Waals surface area contributed by atoms with Crippen molar-refractivity contribution in [1.29, 1.82) is 0 Å². The highest BCUT2D eigenvalue weighted by Gasteiger charge is 2.19. The smallest absolute Gasteiger partial charge is 0.130 e. The molecular weight excluding hydrogens is 402 g/mol. The number of phenols is 3. The second-order valence-corrected chi connectivity index (χ2v) is 7.72. The molecule has 5 nitrogen and oxygen atoms in total. The summed E-state index contributed by atoms with van der Waals surface area (Å²) in [6.07, 6.45) is 0. The molecule has 0 amide bonds. The van der Waals surface area contributed by atoms with E-state index in [2.05, 4.69) is 0 Å². The lowest BCUT2D eigenvalue weighted by Crippen LogP contribution is -2.12. The van der Waals surface area contributed by atoms with Gasteiger partial charge in [0.25, 0.3) is 0 Å². The number of aromatic hydroxyl groups is 3. The minimum Gasteiger partial charge on any atom is -0.508 e. The molecule has 0 unspecified atom stereocenters. The minimum absolute atomic E-state index is 0.198. The van der Waals surface area contributed by atoms with Gasteiger partial charge in [0.05, 0.1) is 11.4 Å². The molecule has 5 heteroatoms. The van der Waals surface area contributed by atoms with E-state index < -0.39 is 0 Å². The average Bonchev–Trinajstić information content (AvgIpc) is 2.77. The van der Waals surface area contributed by atoms with Gasteiger partial charge in [0, 0.05) is 16.8 Å². The van der Waals surface area contributed by atoms with E-state index in [9.17, 15) is 15.3 Å². The molecule has 0 atom stereocenters. The molecule has 0 radical (unpaired) electrons. The first-order valence-corrected chi connectivity index (χ1v) is 10.3. The van der Waals surface area contributed by atoms with E-state index in [1.807, 2.05) is 62.1 Å². The average molecular weight is 428 g/mol. The van der Waals surface area contributed by atoms with Crippen molar-refractivity contribution < 1.29 is 20.1 Å². The number of benzene rings is 4. The molecule has 0 saturated carbocycles. The topological polar surface area (TPSA) is 73.2 Å². The van der Waals surface area contributed by atoms with Gasteiger partial charge in [-0.15, -0.1) is 0 Å². The van der Waals surface area contributed by atoms with Gasteiger partial charge in [-0.2, -0.15) is 0 Å². The van der Waals surface area contributed by atoms with E-state index >= 15 is 0 Å². The maximum Gasteiger partial charge on any atom is 0.130 e. The summed E-state index contributed by atoms with van der Waals surface area (Å²) in [5.74, 6) is 1.92. The molecule has 32 heavy (non-hydrogen) atoms. The zero-order chi connectivity index (χ0) is 22.8. The molecule has 4 aromatic rings. The van der Waals surface area contributed by atoms with Crippen LogP contribution in [0.25, 0.3) is 0 Å². The molecule has 3 N–H and O–H groups in total. The van der Waals surface area contributed by atoms with Crippen LogP contribution in [0.4, 0.5) is 17.1 Å². The minimum atomic E-state index is 0.198. The second kappa shape index (κ2) is 8.55. The molecule has 0 bridgehead atoms. The van der Waals surface area contributed by atoms with Crippen LogP contribution in [0, 0.1) is 20.8 Å². The summed E-state index contributed by atoms with van der Waals surface area (Å²) in [6, 6.07) is 23.3. The van der Waals surface area contributed by atoms with Crippen molar-refractivity contribution in [3.05, 3.63) is 95.6 Å². The third kappa shape index (κ3) is 4.05. The van der Waals surface area contributed by atoms with E-state index in [0.29, 0.717) is 11.5 Å². The normalized spacial score (nSPS) is 10.7. The van der Waals surface area contributed by atoms with Gasteiger partial charge < -0.3 is 25.0 Å². The van der Waals surface area contributed by atoms with Crippen LogP contribution in [0.3, 0.4) is 0 Å². The molecule has 0 fully saturated rings. The number of hydrogen-bond donors (Lipinski definition) is 3. The van der Waals surface area contributed by atoms with Crippen LogP contribution >= 0.6 is 0 Å². The van der Waals surface area contributed by atoms with Gasteiger partial charge in [-0.3, -0.25) is 0 Å². The van der Waals surface area contributed by atoms with Crippen molar-refractivity contribution >= 4 is 17.1 Å². The number of rotatable bonds is 5. The van der Waals surface area contributed by atoms with Gasteiger partial charge >= 0.3 is 0 Å². The summed E-state index contributed by atoms with van der Waals surface area (Å²) in [5, 5.41) is 30.2. The number of hydrogen-bond acceptors (Lipinski definition) is 5. The Bertz CT molecular complexity index is 1210. The first kappa shape index (κ1) is 21.1. The Morgan fingerprint density at radius 2 is 1.22 bits per heavy atom. The molecule has 162 valence electrons. The summed E-state index contributed by atoms with van der Waals surface area (Å²) < 4.78 is 5.99. The van der Waals surface area contributed by atoms with Crippen molar-refractivity contribution in [2.75, 3.05) is 4.90 Å². The zero-order valence-corrected chi connectivity index (χ0v) is 18.2. The first-order valence-electron chi connectivity index (χ1n) is 10.3. The molecule has 0 heterocycles. The molecule has 4 rings (SSSR count). The van der Waals surface area contributed by atoms with Crippen molar-refractivity contribution in [2.45, 2.75) is 20.8 Å². The van der Waals surface area contributed by atoms with Crippen molar-refractivity contribution in [2.24, 2.45) is 0 Å². The highest BCUT2D eigenvalue weighted by atomic mass is 16.5. The zero-order valence-electron chi connectivity index (χ0n) is 18.2. The fraction of sp³-hybridized carbons (Fsp3) is 0.111. The summed E-state index contributed by atoms with van der Waals surface area (Å²) in [7, 11) is 0. The van der Waals surface area contributed by atoms with Crippen LogP contribution in [0.15, 0.2) is 78.9 Å². The molecular formula is C27H25NO4. The van der Waals surface area contributed by atoms with Gasteiger partial charge in [0.1, 0.15) is 28.7 Å². The van der Waals surface area contributed by atoms with E-state index in [0.717, 1.165) is 33.8 Å². The standard InChI is InChI=1S/C27H25NO4/c1-17-16-21(29)12-15-27(17)32-22-13-10-20(11-14-22)28(23-6-4-8-25(30)18(23)2)24-7-5-9-26(31)19(24)3/h4-16,29-31H,1-3H3. The largest absolute Gasteiger partial charge is 0.508 e. The summed E-state index contributed by atoms with van der Waals surface area (Å²) in [6.45, 7) is 5.60. The Morgan fingerprint density at radius 3 is 1.75 bits per heavy atom. The first-order chi connectivity index (χ1) is 15.3. The lowest BCUT2D eigenvalue weighted by molar-refractivity contribution is 0.461. The number of anilines is 3. The second-order valence-electron chi connectivity index (χ2n) is 7.72. The highest BCUT2D eigenvalue weighted by molar-refractivity contribution is 5.82. The predicted octanol–water partition coefficient (Wildman–Crippen LogP) is 6.99. The molecule has 0 aliphatic rings. The van der Waals surface area contributed by atoms with E-state index in [1.165, 1.54) is 0 Å². The maximum atomic E-state index is 10.3.